The fourth-order valence-electron chi connectivity index (χ4n) is 2.14. The van der Waals surface area contributed by atoms with E-state index in [4.69, 9.17) is 4.42 Å². The molecule has 1 N–H and O–H groups in total. The van der Waals surface area contributed by atoms with E-state index in [2.05, 4.69) is 31.1 Å². The van der Waals surface area contributed by atoms with Gasteiger partial charge in [0.1, 0.15) is 5.76 Å². The number of thioether (sulfide) groups is 1. The summed E-state index contributed by atoms with van der Waals surface area (Å²) in [4.78, 5) is 4.58. The van der Waals surface area contributed by atoms with Gasteiger partial charge in [0.2, 0.25) is 0 Å². The van der Waals surface area contributed by atoms with E-state index in [1.807, 2.05) is 23.9 Å². The Bertz CT molecular complexity index is 387. The maximum absolute atomic E-state index is 5.36. The summed E-state index contributed by atoms with van der Waals surface area (Å²) in [7, 11) is 0. The van der Waals surface area contributed by atoms with E-state index >= 15 is 0 Å². The molecule has 1 aromatic rings. The van der Waals surface area contributed by atoms with Crippen LogP contribution in [0.5, 0.6) is 0 Å². The van der Waals surface area contributed by atoms with Crippen LogP contribution < -0.4 is 5.32 Å². The van der Waals surface area contributed by atoms with E-state index in [0.717, 1.165) is 29.8 Å². The lowest BCUT2D eigenvalue weighted by Gasteiger charge is -2.15. The van der Waals surface area contributed by atoms with Gasteiger partial charge in [-0.05, 0) is 31.4 Å². The number of furan rings is 1. The molecular formula is C14H22N2OS. The summed E-state index contributed by atoms with van der Waals surface area (Å²) in [6, 6.07) is 4.31. The molecular weight excluding hydrogens is 244 g/mol. The molecule has 1 aliphatic rings. The first kappa shape index (κ1) is 13.5. The van der Waals surface area contributed by atoms with Crippen LogP contribution >= 0.6 is 11.8 Å². The Morgan fingerprint density at radius 2 is 2.33 bits per heavy atom. The van der Waals surface area contributed by atoms with Crippen molar-refractivity contribution in [2.24, 2.45) is 10.9 Å². The Morgan fingerprint density at radius 3 is 3.00 bits per heavy atom. The molecule has 0 spiro atoms. The normalized spacial score (nSPS) is 21.1. The first-order chi connectivity index (χ1) is 8.63. The Balaban J connectivity index is 1.74. The minimum atomic E-state index is 0.361. The third kappa shape index (κ3) is 4.09. The minimum Gasteiger partial charge on any atom is -0.469 e. The molecule has 1 aliphatic heterocycles. The highest BCUT2D eigenvalue weighted by Crippen LogP contribution is 2.25. The average molecular weight is 266 g/mol. The van der Waals surface area contributed by atoms with Gasteiger partial charge in [0.25, 0.3) is 0 Å². The van der Waals surface area contributed by atoms with Crippen molar-refractivity contribution in [1.82, 2.24) is 5.32 Å². The highest BCUT2D eigenvalue weighted by atomic mass is 32.2. The van der Waals surface area contributed by atoms with E-state index in [9.17, 15) is 0 Å². The largest absolute Gasteiger partial charge is 0.469 e. The lowest BCUT2D eigenvalue weighted by atomic mass is 10.1. The third-order valence-electron chi connectivity index (χ3n) is 2.91. The van der Waals surface area contributed by atoms with E-state index in [-0.39, 0.29) is 0 Å². The van der Waals surface area contributed by atoms with Gasteiger partial charge in [-0.15, -0.1) is 0 Å². The van der Waals surface area contributed by atoms with Crippen LogP contribution in [0, 0.1) is 5.92 Å². The van der Waals surface area contributed by atoms with Gasteiger partial charge in [0, 0.05) is 17.7 Å². The average Bonchev–Trinajstić information content (AvgIpc) is 2.89. The number of nitrogens with one attached hydrogen (secondary N) is 1. The van der Waals surface area contributed by atoms with Crippen molar-refractivity contribution in [2.75, 3.05) is 6.54 Å². The Kier molecular flexibility index (Phi) is 4.75. The quantitative estimate of drug-likeness (QED) is 0.888. The van der Waals surface area contributed by atoms with Crippen LogP contribution in [0.25, 0.3) is 0 Å². The topological polar surface area (TPSA) is 37.5 Å². The molecule has 2 unspecified atom stereocenters. The predicted molar refractivity (Wildman–Crippen MR) is 78.1 cm³/mol. The maximum atomic E-state index is 5.36. The molecule has 0 aromatic carbocycles. The lowest BCUT2D eigenvalue weighted by molar-refractivity contribution is 0.482. The van der Waals surface area contributed by atoms with Gasteiger partial charge in [-0.3, -0.25) is 4.99 Å². The van der Waals surface area contributed by atoms with Crippen molar-refractivity contribution in [3.63, 3.8) is 0 Å². The Morgan fingerprint density at radius 1 is 1.50 bits per heavy atom. The molecule has 0 amide bonds. The number of rotatable bonds is 5. The molecule has 100 valence electrons. The first-order valence-electron chi connectivity index (χ1n) is 6.63. The molecule has 1 aromatic heterocycles. The molecule has 0 radical (unpaired) electrons. The molecule has 4 heteroatoms. The fraction of sp³-hybridized carbons (Fsp3) is 0.643. The number of nitrogens with zero attached hydrogens (tertiary/aromatic N) is 1. The molecule has 2 heterocycles. The van der Waals surface area contributed by atoms with Crippen molar-refractivity contribution in [3.05, 3.63) is 24.2 Å². The summed E-state index contributed by atoms with van der Waals surface area (Å²) >= 11 is 1.89. The smallest absolute Gasteiger partial charge is 0.157 e. The summed E-state index contributed by atoms with van der Waals surface area (Å²) in [5.41, 5.74) is 0. The molecule has 0 aliphatic carbocycles. The van der Waals surface area contributed by atoms with Crippen LogP contribution in [0.1, 0.15) is 33.0 Å². The van der Waals surface area contributed by atoms with Gasteiger partial charge in [-0.2, -0.15) is 0 Å². The van der Waals surface area contributed by atoms with Crippen molar-refractivity contribution in [2.45, 2.75) is 44.9 Å². The number of aliphatic imine (C=N–C) groups is 1. The van der Waals surface area contributed by atoms with Crippen molar-refractivity contribution in [3.8, 4) is 0 Å². The zero-order valence-electron chi connectivity index (χ0n) is 11.3. The Labute approximate surface area is 113 Å². The van der Waals surface area contributed by atoms with Gasteiger partial charge >= 0.3 is 0 Å². The zero-order valence-corrected chi connectivity index (χ0v) is 12.2. The van der Waals surface area contributed by atoms with Crippen LogP contribution in [0.3, 0.4) is 0 Å². The van der Waals surface area contributed by atoms with Crippen LogP contribution in [0.4, 0.5) is 0 Å². The summed E-state index contributed by atoms with van der Waals surface area (Å²) in [6.45, 7) is 7.66. The molecule has 0 bridgehead atoms. The van der Waals surface area contributed by atoms with E-state index in [1.54, 1.807) is 6.26 Å². The highest BCUT2D eigenvalue weighted by Gasteiger charge is 2.21. The SMILES string of the molecule is CC(C)CC1CN=C(NC(C)Cc2ccco2)S1. The molecule has 3 nitrogen and oxygen atoms in total. The standard InChI is InChI=1S/C14H22N2OS/c1-10(2)7-13-9-15-14(18-13)16-11(3)8-12-5-4-6-17-12/h4-6,10-11,13H,7-9H2,1-3H3,(H,15,16). The minimum absolute atomic E-state index is 0.361. The maximum Gasteiger partial charge on any atom is 0.157 e. The Hall–Kier alpha value is -0.900. The van der Waals surface area contributed by atoms with Crippen molar-refractivity contribution < 1.29 is 4.42 Å². The number of hydrogen-bond donors (Lipinski definition) is 1. The molecule has 2 atom stereocenters. The van der Waals surface area contributed by atoms with Crippen LogP contribution in [-0.4, -0.2) is 23.0 Å². The van der Waals surface area contributed by atoms with E-state index in [1.165, 1.54) is 6.42 Å². The molecule has 0 fully saturated rings. The third-order valence-corrected chi connectivity index (χ3v) is 4.05. The number of hydrogen-bond acceptors (Lipinski definition) is 4. The predicted octanol–water partition coefficient (Wildman–Crippen LogP) is 3.32. The van der Waals surface area contributed by atoms with Gasteiger partial charge in [0.05, 0.1) is 12.8 Å². The summed E-state index contributed by atoms with van der Waals surface area (Å²) < 4.78 is 5.36. The summed E-state index contributed by atoms with van der Waals surface area (Å²) in [5.74, 6) is 1.77. The second kappa shape index (κ2) is 6.32. The molecule has 18 heavy (non-hydrogen) atoms. The second-order valence-corrected chi connectivity index (χ2v) is 6.63. The summed E-state index contributed by atoms with van der Waals surface area (Å²) in [6.07, 6.45) is 3.87. The summed E-state index contributed by atoms with van der Waals surface area (Å²) in [5, 5.41) is 5.23. The van der Waals surface area contributed by atoms with E-state index < -0.39 is 0 Å². The molecule has 0 saturated carbocycles. The van der Waals surface area contributed by atoms with Gasteiger partial charge in [-0.25, -0.2) is 0 Å². The monoisotopic (exact) mass is 266 g/mol. The van der Waals surface area contributed by atoms with Crippen LogP contribution in [-0.2, 0) is 6.42 Å². The zero-order chi connectivity index (χ0) is 13.0. The van der Waals surface area contributed by atoms with Crippen molar-refractivity contribution >= 4 is 16.9 Å². The van der Waals surface area contributed by atoms with Crippen LogP contribution in [0.2, 0.25) is 0 Å². The van der Waals surface area contributed by atoms with Gasteiger partial charge in [-0.1, -0.05) is 25.6 Å². The second-order valence-electron chi connectivity index (χ2n) is 5.34. The first-order valence-corrected chi connectivity index (χ1v) is 7.51. The fourth-order valence-corrected chi connectivity index (χ4v) is 3.50. The van der Waals surface area contributed by atoms with E-state index in [0.29, 0.717) is 11.3 Å². The van der Waals surface area contributed by atoms with Gasteiger partial charge in [0.15, 0.2) is 5.17 Å². The molecule has 0 saturated heterocycles. The van der Waals surface area contributed by atoms with Gasteiger partial charge < -0.3 is 9.73 Å². The number of amidine groups is 1. The van der Waals surface area contributed by atoms with Crippen LogP contribution in [0.15, 0.2) is 27.8 Å². The highest BCUT2D eigenvalue weighted by molar-refractivity contribution is 8.14. The molecule has 2 rings (SSSR count). The van der Waals surface area contributed by atoms with Crippen molar-refractivity contribution in [1.29, 1.82) is 0 Å². The lowest BCUT2D eigenvalue weighted by Crippen LogP contribution is -2.31.